The van der Waals surface area contributed by atoms with Crippen LogP contribution >= 0.6 is 0 Å². The van der Waals surface area contributed by atoms with Crippen LogP contribution < -0.4 is 15.8 Å². The van der Waals surface area contributed by atoms with Crippen LogP contribution in [0.1, 0.15) is 19.4 Å². The molecule has 1 unspecified atom stereocenters. The fourth-order valence-corrected chi connectivity index (χ4v) is 3.24. The molecule has 6 nitrogen and oxygen atoms in total. The Morgan fingerprint density at radius 3 is 2.73 bits per heavy atom. The molecule has 2 aliphatic rings. The molecule has 1 aromatic carbocycles. The summed E-state index contributed by atoms with van der Waals surface area (Å²) in [5, 5.41) is 12.2. The lowest BCUT2D eigenvalue weighted by Gasteiger charge is -2.34. The maximum atomic E-state index is 12.8. The Balaban J connectivity index is 2.48. The second-order valence-corrected chi connectivity index (χ2v) is 5.21. The molecule has 1 atom stereocenters. The minimum atomic E-state index is -1.54. The Morgan fingerprint density at radius 2 is 2.09 bits per heavy atom. The summed E-state index contributed by atoms with van der Waals surface area (Å²) in [7, 11) is 0. The maximum Gasteiger partial charge on any atom is 0.245 e. The van der Waals surface area contributed by atoms with E-state index in [2.05, 4.69) is 5.32 Å². The molecular formula is C16H13N3O3. The van der Waals surface area contributed by atoms with Crippen molar-refractivity contribution in [2.24, 2.45) is 5.73 Å². The number of nitriles is 1. The Hall–Kier alpha value is -3.07. The molecule has 3 N–H and O–H groups in total. The van der Waals surface area contributed by atoms with Crippen molar-refractivity contribution in [3.05, 3.63) is 52.6 Å². The number of Topliss-reactive ketones (excluding diaryl/α,β-unsaturated/α-hetero) is 1. The lowest BCUT2D eigenvalue weighted by Crippen LogP contribution is -2.45. The van der Waals surface area contributed by atoms with E-state index in [-0.39, 0.29) is 22.8 Å². The van der Waals surface area contributed by atoms with Crippen molar-refractivity contribution in [1.29, 1.82) is 5.26 Å². The van der Waals surface area contributed by atoms with E-state index in [9.17, 15) is 14.9 Å². The highest BCUT2D eigenvalue weighted by Crippen LogP contribution is 2.50. The first kappa shape index (κ1) is 13.9. The number of carbonyl (C=O) groups excluding carboxylic acids is 2. The molecular weight excluding hydrogens is 282 g/mol. The zero-order chi connectivity index (χ0) is 16.1. The van der Waals surface area contributed by atoms with Crippen molar-refractivity contribution in [2.45, 2.75) is 19.3 Å². The number of hydrogen-bond acceptors (Lipinski definition) is 5. The topological polar surface area (TPSA) is 105 Å². The summed E-state index contributed by atoms with van der Waals surface area (Å²) in [5.74, 6) is -0.564. The van der Waals surface area contributed by atoms with Crippen molar-refractivity contribution in [2.75, 3.05) is 0 Å². The van der Waals surface area contributed by atoms with Gasteiger partial charge >= 0.3 is 0 Å². The predicted octanol–water partition coefficient (Wildman–Crippen LogP) is 1.00. The number of benzene rings is 1. The number of allylic oxidation sites excluding steroid dienone is 1. The van der Waals surface area contributed by atoms with E-state index >= 15 is 0 Å². The zero-order valence-corrected chi connectivity index (χ0v) is 12.1. The molecule has 2 heterocycles. The summed E-state index contributed by atoms with van der Waals surface area (Å²) in [5.41, 5.74) is 5.35. The van der Waals surface area contributed by atoms with Crippen molar-refractivity contribution >= 4 is 11.7 Å². The Labute approximate surface area is 126 Å². The molecule has 0 aromatic heterocycles. The fourth-order valence-electron chi connectivity index (χ4n) is 3.24. The number of ether oxygens (including phenoxy) is 1. The molecule has 1 spiro atoms. The van der Waals surface area contributed by atoms with E-state index in [0.29, 0.717) is 17.0 Å². The number of nitrogens with two attached hydrogens (primary N) is 1. The van der Waals surface area contributed by atoms with E-state index in [1.54, 1.807) is 31.2 Å². The molecule has 0 aliphatic carbocycles. The number of carbonyl (C=O) groups is 2. The molecule has 0 saturated carbocycles. The molecule has 110 valence electrons. The van der Waals surface area contributed by atoms with E-state index in [1.165, 1.54) is 6.92 Å². The van der Waals surface area contributed by atoms with Crippen molar-refractivity contribution < 1.29 is 14.3 Å². The van der Waals surface area contributed by atoms with Crippen molar-refractivity contribution in [3.63, 3.8) is 0 Å². The van der Waals surface area contributed by atoms with Gasteiger partial charge in [-0.1, -0.05) is 18.2 Å². The Bertz CT molecular complexity index is 829. The molecule has 1 aromatic rings. The first-order valence-corrected chi connectivity index (χ1v) is 6.66. The van der Waals surface area contributed by atoms with Gasteiger partial charge in [0.2, 0.25) is 11.8 Å². The summed E-state index contributed by atoms with van der Waals surface area (Å²) in [6, 6.07) is 8.71. The van der Waals surface area contributed by atoms with Gasteiger partial charge in [-0.25, -0.2) is 0 Å². The molecule has 22 heavy (non-hydrogen) atoms. The summed E-state index contributed by atoms with van der Waals surface area (Å²) in [6.45, 7) is 3.00. The number of rotatable bonds is 1. The van der Waals surface area contributed by atoms with E-state index < -0.39 is 11.3 Å². The number of ketones is 1. The highest BCUT2D eigenvalue weighted by molar-refractivity contribution is 6.13. The quantitative estimate of drug-likeness (QED) is 0.804. The first-order chi connectivity index (χ1) is 10.4. The lowest BCUT2D eigenvalue weighted by molar-refractivity contribution is -0.124. The molecule has 0 saturated heterocycles. The van der Waals surface area contributed by atoms with Crippen LogP contribution in [0.2, 0.25) is 0 Å². The van der Waals surface area contributed by atoms with Gasteiger partial charge in [0.25, 0.3) is 0 Å². The van der Waals surface area contributed by atoms with Gasteiger partial charge in [0.1, 0.15) is 22.8 Å². The zero-order valence-electron chi connectivity index (χ0n) is 12.1. The third-order valence-electron chi connectivity index (χ3n) is 3.99. The minimum absolute atomic E-state index is 0.0641. The molecule has 2 aliphatic heterocycles. The number of amides is 1. The highest BCUT2D eigenvalue weighted by Gasteiger charge is 2.58. The third-order valence-corrected chi connectivity index (χ3v) is 3.99. The Morgan fingerprint density at radius 1 is 1.41 bits per heavy atom. The van der Waals surface area contributed by atoms with Crippen LogP contribution in [-0.4, -0.2) is 11.7 Å². The normalized spacial score (nSPS) is 23.0. The van der Waals surface area contributed by atoms with Gasteiger partial charge in [0.15, 0.2) is 5.78 Å². The van der Waals surface area contributed by atoms with Gasteiger partial charge in [-0.3, -0.25) is 9.59 Å². The first-order valence-electron chi connectivity index (χ1n) is 6.66. The monoisotopic (exact) mass is 295 g/mol. The molecule has 1 amide bonds. The fraction of sp³-hybridized carbons (Fsp3) is 0.188. The summed E-state index contributed by atoms with van der Waals surface area (Å²) in [4.78, 5) is 24.9. The number of nitrogens with zero attached hydrogens (tertiary/aromatic N) is 1. The second kappa shape index (κ2) is 4.46. The number of para-hydroxylation sites is 1. The van der Waals surface area contributed by atoms with Crippen molar-refractivity contribution in [1.82, 2.24) is 5.32 Å². The second-order valence-electron chi connectivity index (χ2n) is 5.21. The van der Waals surface area contributed by atoms with Crippen molar-refractivity contribution in [3.8, 4) is 11.8 Å². The maximum absolute atomic E-state index is 12.8. The summed E-state index contributed by atoms with van der Waals surface area (Å²) < 4.78 is 5.45. The predicted molar refractivity (Wildman–Crippen MR) is 77.1 cm³/mol. The van der Waals surface area contributed by atoms with Crippen LogP contribution in [0.5, 0.6) is 5.75 Å². The average molecular weight is 295 g/mol. The smallest absolute Gasteiger partial charge is 0.245 e. The number of hydrogen-bond donors (Lipinski definition) is 2. The summed E-state index contributed by atoms with van der Waals surface area (Å²) >= 11 is 0. The van der Waals surface area contributed by atoms with Crippen LogP contribution in [-0.2, 0) is 15.0 Å². The minimum Gasteiger partial charge on any atom is -0.440 e. The van der Waals surface area contributed by atoms with Crippen LogP contribution in [0.25, 0.3) is 0 Å². The van der Waals surface area contributed by atoms with Gasteiger partial charge in [-0.05, 0) is 19.9 Å². The molecule has 0 radical (unpaired) electrons. The number of fused-ring (bicyclic) bond motifs is 2. The van der Waals surface area contributed by atoms with Gasteiger partial charge in [0, 0.05) is 16.8 Å². The standard InChI is InChI=1S/C16H13N3O3/c1-8-13(9(2)20)16(15(21)19-8)10-5-3-4-6-12(10)22-14(18)11(16)7-17/h3-6H,18H2,1-2H3,(H,19,21). The molecule has 0 fully saturated rings. The largest absolute Gasteiger partial charge is 0.440 e. The van der Waals surface area contributed by atoms with Crippen LogP contribution in [0.15, 0.2) is 47.0 Å². The van der Waals surface area contributed by atoms with Gasteiger partial charge in [0.05, 0.1) is 0 Å². The molecule has 3 rings (SSSR count). The van der Waals surface area contributed by atoms with Gasteiger partial charge in [-0.2, -0.15) is 5.26 Å². The highest BCUT2D eigenvalue weighted by atomic mass is 16.5. The lowest BCUT2D eigenvalue weighted by atomic mass is 9.67. The van der Waals surface area contributed by atoms with E-state index in [1.807, 2.05) is 6.07 Å². The van der Waals surface area contributed by atoms with E-state index in [4.69, 9.17) is 10.5 Å². The SMILES string of the molecule is CC(=O)C1=C(C)NC(=O)C12C(C#N)=C(N)Oc1ccccc12. The van der Waals surface area contributed by atoms with Crippen LogP contribution in [0, 0.1) is 11.3 Å². The van der Waals surface area contributed by atoms with Gasteiger partial charge < -0.3 is 15.8 Å². The Kier molecular flexibility index (Phi) is 2.82. The molecule has 0 bridgehead atoms. The summed E-state index contributed by atoms with van der Waals surface area (Å²) in [6.07, 6.45) is 0. The number of nitrogens with one attached hydrogen (secondary N) is 1. The third kappa shape index (κ3) is 1.48. The molecule has 6 heteroatoms. The average Bonchev–Trinajstić information content (AvgIpc) is 2.71. The van der Waals surface area contributed by atoms with Crippen LogP contribution in [0.3, 0.4) is 0 Å². The van der Waals surface area contributed by atoms with Crippen LogP contribution in [0.4, 0.5) is 0 Å². The van der Waals surface area contributed by atoms with E-state index in [0.717, 1.165) is 0 Å². The van der Waals surface area contributed by atoms with Gasteiger partial charge in [-0.15, -0.1) is 0 Å².